The molecule has 1 N–H and O–H groups in total. The Kier molecular flexibility index (Phi) is 6.94. The lowest BCUT2D eigenvalue weighted by atomic mass is 10.2. The SMILES string of the molecule is O=C(NC(=S)N1CCN(c2c(Cl)cccc2[N+](=O)[O-])CC1)c1cc(Br)ccc1Cl. The predicted molar refractivity (Wildman–Crippen MR) is 121 cm³/mol. The molecule has 2 aromatic carbocycles. The van der Waals surface area contributed by atoms with Crippen LogP contribution in [0.5, 0.6) is 0 Å². The van der Waals surface area contributed by atoms with Crippen LogP contribution >= 0.6 is 51.3 Å². The normalized spacial score (nSPS) is 13.9. The zero-order valence-corrected chi connectivity index (χ0v) is 18.8. The molecule has 1 aliphatic rings. The van der Waals surface area contributed by atoms with Crippen LogP contribution in [0.25, 0.3) is 0 Å². The van der Waals surface area contributed by atoms with Gasteiger partial charge in [-0.25, -0.2) is 0 Å². The van der Waals surface area contributed by atoms with E-state index in [1.807, 2.05) is 9.80 Å². The third-order valence-electron chi connectivity index (χ3n) is 4.44. The molecule has 1 amide bonds. The van der Waals surface area contributed by atoms with Crippen LogP contribution in [0.4, 0.5) is 11.4 Å². The maximum absolute atomic E-state index is 12.5. The molecule has 0 spiro atoms. The Morgan fingerprint density at radius 3 is 2.48 bits per heavy atom. The van der Waals surface area contributed by atoms with Gasteiger partial charge < -0.3 is 9.80 Å². The Morgan fingerprint density at radius 2 is 1.83 bits per heavy atom. The minimum atomic E-state index is -0.444. The van der Waals surface area contributed by atoms with Crippen molar-refractivity contribution in [3.05, 3.63) is 66.6 Å². The highest BCUT2D eigenvalue weighted by atomic mass is 79.9. The Morgan fingerprint density at radius 1 is 1.14 bits per heavy atom. The molecular weight excluding hydrogens is 503 g/mol. The largest absolute Gasteiger partial charge is 0.361 e. The molecule has 29 heavy (non-hydrogen) atoms. The van der Waals surface area contributed by atoms with Gasteiger partial charge in [0.15, 0.2) is 5.11 Å². The summed E-state index contributed by atoms with van der Waals surface area (Å²) in [6.07, 6.45) is 0. The summed E-state index contributed by atoms with van der Waals surface area (Å²) in [7, 11) is 0. The van der Waals surface area contributed by atoms with Crippen LogP contribution < -0.4 is 10.2 Å². The van der Waals surface area contributed by atoms with Gasteiger partial charge in [0.25, 0.3) is 11.6 Å². The van der Waals surface area contributed by atoms with Crippen LogP contribution in [-0.4, -0.2) is 47.0 Å². The van der Waals surface area contributed by atoms with E-state index in [2.05, 4.69) is 21.2 Å². The smallest absolute Gasteiger partial charge is 0.294 e. The summed E-state index contributed by atoms with van der Waals surface area (Å²) >= 11 is 21.0. The molecule has 1 saturated heterocycles. The van der Waals surface area contributed by atoms with Crippen LogP contribution in [0.1, 0.15) is 10.4 Å². The van der Waals surface area contributed by atoms with Gasteiger partial charge in [0.2, 0.25) is 0 Å². The van der Waals surface area contributed by atoms with E-state index < -0.39 is 10.8 Å². The molecule has 1 fully saturated rings. The monoisotopic (exact) mass is 516 g/mol. The van der Waals surface area contributed by atoms with Crippen LogP contribution in [0, 0.1) is 10.1 Å². The number of nitrogens with one attached hydrogen (secondary N) is 1. The van der Waals surface area contributed by atoms with E-state index in [9.17, 15) is 14.9 Å². The molecule has 1 aliphatic heterocycles. The van der Waals surface area contributed by atoms with E-state index in [0.717, 1.165) is 4.47 Å². The fourth-order valence-corrected chi connectivity index (χ4v) is 4.14. The van der Waals surface area contributed by atoms with Gasteiger partial charge in [-0.3, -0.25) is 20.2 Å². The average molecular weight is 518 g/mol. The number of anilines is 1. The molecule has 152 valence electrons. The third-order valence-corrected chi connectivity index (χ3v) is 5.93. The van der Waals surface area contributed by atoms with Crippen molar-refractivity contribution >= 4 is 73.7 Å². The summed E-state index contributed by atoms with van der Waals surface area (Å²) in [6, 6.07) is 9.60. The number of carbonyl (C=O) groups is 1. The van der Waals surface area contributed by atoms with Crippen molar-refractivity contribution in [2.75, 3.05) is 31.1 Å². The molecule has 0 saturated carbocycles. The molecule has 7 nitrogen and oxygen atoms in total. The maximum atomic E-state index is 12.5. The number of benzene rings is 2. The Hall–Kier alpha value is -1.94. The van der Waals surface area contributed by atoms with Crippen molar-refractivity contribution in [3.8, 4) is 0 Å². The minimum Gasteiger partial charge on any atom is -0.361 e. The summed E-state index contributed by atoms with van der Waals surface area (Å²) in [5.74, 6) is -0.398. The van der Waals surface area contributed by atoms with E-state index in [1.54, 1.807) is 30.3 Å². The predicted octanol–water partition coefficient (Wildman–Crippen LogP) is 4.50. The lowest BCUT2D eigenvalue weighted by Crippen LogP contribution is -2.52. The van der Waals surface area contributed by atoms with E-state index in [1.165, 1.54) is 6.07 Å². The van der Waals surface area contributed by atoms with Gasteiger partial charge in [-0.15, -0.1) is 0 Å². The number of rotatable bonds is 3. The third kappa shape index (κ3) is 4.98. The number of nitro benzene ring substituents is 1. The van der Waals surface area contributed by atoms with Crippen molar-refractivity contribution in [1.82, 2.24) is 10.2 Å². The molecule has 11 heteroatoms. The topological polar surface area (TPSA) is 78.7 Å². The summed E-state index contributed by atoms with van der Waals surface area (Å²) in [5.41, 5.74) is 0.675. The number of nitro groups is 1. The minimum absolute atomic E-state index is 0.0360. The van der Waals surface area contributed by atoms with E-state index in [4.69, 9.17) is 35.4 Å². The fourth-order valence-electron chi connectivity index (χ4n) is 3.01. The fraction of sp³-hybridized carbons (Fsp3) is 0.222. The molecule has 0 unspecified atom stereocenters. The number of thiocarbonyl (C=S) groups is 1. The first kappa shape index (κ1) is 21.8. The summed E-state index contributed by atoms with van der Waals surface area (Å²) < 4.78 is 0.730. The first-order chi connectivity index (χ1) is 13.8. The van der Waals surface area contributed by atoms with Crippen molar-refractivity contribution < 1.29 is 9.72 Å². The molecule has 2 aromatic rings. The standard InChI is InChI=1S/C18H15BrCl2N4O3S/c19-11-4-5-13(20)12(10-11)17(26)22-18(29)24-8-6-23(7-9-24)16-14(21)2-1-3-15(16)25(27)28/h1-5,10H,6-9H2,(H,22,26,29). The van der Waals surface area contributed by atoms with Crippen LogP contribution in [0.3, 0.4) is 0 Å². The molecule has 0 radical (unpaired) electrons. The van der Waals surface area contributed by atoms with Gasteiger partial charge >= 0.3 is 0 Å². The number of halogens is 3. The number of para-hydroxylation sites is 1. The van der Waals surface area contributed by atoms with E-state index in [0.29, 0.717) is 47.5 Å². The van der Waals surface area contributed by atoms with Crippen molar-refractivity contribution in [2.45, 2.75) is 0 Å². The Bertz CT molecular complexity index is 984. The molecule has 0 bridgehead atoms. The second-order valence-corrected chi connectivity index (χ2v) is 8.34. The molecule has 1 heterocycles. The Balaban J connectivity index is 1.65. The highest BCUT2D eigenvalue weighted by Gasteiger charge is 2.27. The second-order valence-electron chi connectivity index (χ2n) is 6.22. The highest BCUT2D eigenvalue weighted by Crippen LogP contribution is 2.35. The number of piperazine rings is 1. The Labute approximate surface area is 190 Å². The van der Waals surface area contributed by atoms with E-state index in [-0.39, 0.29) is 10.8 Å². The summed E-state index contributed by atoms with van der Waals surface area (Å²) in [6.45, 7) is 1.90. The first-order valence-corrected chi connectivity index (χ1v) is 10.5. The van der Waals surface area contributed by atoms with Gasteiger partial charge in [0, 0.05) is 36.7 Å². The average Bonchev–Trinajstić information content (AvgIpc) is 2.69. The van der Waals surface area contributed by atoms with Gasteiger partial charge in [0.1, 0.15) is 5.69 Å². The number of carbonyl (C=O) groups excluding carboxylic acids is 1. The lowest BCUT2D eigenvalue weighted by Gasteiger charge is -2.37. The van der Waals surface area contributed by atoms with Gasteiger partial charge in [0.05, 0.1) is 20.5 Å². The first-order valence-electron chi connectivity index (χ1n) is 8.51. The number of nitrogens with zero attached hydrogens (tertiary/aromatic N) is 3. The van der Waals surface area contributed by atoms with Gasteiger partial charge in [-0.1, -0.05) is 45.2 Å². The quantitative estimate of drug-likeness (QED) is 0.367. The molecular formula is C18H15BrCl2N4O3S. The molecule has 0 aliphatic carbocycles. The van der Waals surface area contributed by atoms with Crippen molar-refractivity contribution in [3.63, 3.8) is 0 Å². The molecule has 0 aromatic heterocycles. The molecule has 3 rings (SSSR count). The van der Waals surface area contributed by atoms with Crippen molar-refractivity contribution in [1.29, 1.82) is 0 Å². The molecule has 0 atom stereocenters. The lowest BCUT2D eigenvalue weighted by molar-refractivity contribution is -0.384. The van der Waals surface area contributed by atoms with Crippen molar-refractivity contribution in [2.24, 2.45) is 0 Å². The van der Waals surface area contributed by atoms with Crippen LogP contribution in [-0.2, 0) is 0 Å². The highest BCUT2D eigenvalue weighted by molar-refractivity contribution is 9.10. The summed E-state index contributed by atoms with van der Waals surface area (Å²) in [5, 5.41) is 14.9. The van der Waals surface area contributed by atoms with Crippen LogP contribution in [0.15, 0.2) is 40.9 Å². The number of amides is 1. The van der Waals surface area contributed by atoms with Gasteiger partial charge in [-0.05, 0) is 36.5 Å². The van der Waals surface area contributed by atoms with Gasteiger partial charge in [-0.2, -0.15) is 0 Å². The zero-order chi connectivity index (χ0) is 21.1. The van der Waals surface area contributed by atoms with Crippen LogP contribution in [0.2, 0.25) is 10.0 Å². The second kappa shape index (κ2) is 9.25. The maximum Gasteiger partial charge on any atom is 0.294 e. The summed E-state index contributed by atoms with van der Waals surface area (Å²) in [4.78, 5) is 27.1. The zero-order valence-electron chi connectivity index (χ0n) is 14.9. The van der Waals surface area contributed by atoms with E-state index >= 15 is 0 Å². The number of hydrogen-bond acceptors (Lipinski definition) is 5. The number of hydrogen-bond donors (Lipinski definition) is 1.